The average Bonchev–Trinajstić information content (AvgIpc) is 2.83. The molecular weight excluding hydrogens is 200 g/mol. The third-order valence-corrected chi connectivity index (χ3v) is 5.05. The highest BCUT2D eigenvalue weighted by Crippen LogP contribution is 2.42. The van der Waals surface area contributed by atoms with Crippen LogP contribution in [0.15, 0.2) is 0 Å². The van der Waals surface area contributed by atoms with Crippen molar-refractivity contribution in [2.45, 2.75) is 38.3 Å². The Kier molecular flexibility index (Phi) is 2.73. The monoisotopic (exact) mass is 224 g/mol. The van der Waals surface area contributed by atoms with Crippen molar-refractivity contribution in [3.63, 3.8) is 0 Å². The zero-order valence-corrected chi connectivity index (χ0v) is 10.5. The molecule has 0 radical (unpaired) electrons. The van der Waals surface area contributed by atoms with Crippen LogP contribution in [0.3, 0.4) is 0 Å². The maximum Gasteiger partial charge on any atom is 0.0480 e. The van der Waals surface area contributed by atoms with E-state index in [0.29, 0.717) is 5.54 Å². The largest absolute Gasteiger partial charge is 0.381 e. The molecule has 3 saturated heterocycles. The van der Waals surface area contributed by atoms with E-state index in [1.54, 1.807) is 0 Å². The SMILES string of the molecule is CC1(C)C2CNCC2CN1C1CCOCC1. The molecule has 0 saturated carbocycles. The summed E-state index contributed by atoms with van der Waals surface area (Å²) in [6, 6.07) is 0.773. The number of hydrogen-bond donors (Lipinski definition) is 1. The van der Waals surface area contributed by atoms with Crippen LogP contribution in [0.1, 0.15) is 26.7 Å². The molecule has 3 heterocycles. The van der Waals surface area contributed by atoms with E-state index in [4.69, 9.17) is 4.74 Å². The summed E-state index contributed by atoms with van der Waals surface area (Å²) < 4.78 is 5.48. The van der Waals surface area contributed by atoms with Crippen LogP contribution < -0.4 is 5.32 Å². The standard InChI is InChI=1S/C13H24N2O/c1-13(2)12-8-14-7-10(12)9-15(13)11-3-5-16-6-4-11/h10-12,14H,3-9H2,1-2H3. The Morgan fingerprint density at radius 2 is 1.94 bits per heavy atom. The minimum absolute atomic E-state index is 0.385. The topological polar surface area (TPSA) is 24.5 Å². The van der Waals surface area contributed by atoms with Gasteiger partial charge in [0.1, 0.15) is 0 Å². The van der Waals surface area contributed by atoms with E-state index in [1.165, 1.54) is 32.5 Å². The van der Waals surface area contributed by atoms with Gasteiger partial charge in [0.25, 0.3) is 0 Å². The minimum Gasteiger partial charge on any atom is -0.381 e. The lowest BCUT2D eigenvalue weighted by Gasteiger charge is -2.42. The van der Waals surface area contributed by atoms with Gasteiger partial charge in [-0.3, -0.25) is 4.90 Å². The summed E-state index contributed by atoms with van der Waals surface area (Å²) in [5.74, 6) is 1.74. The number of nitrogens with one attached hydrogen (secondary N) is 1. The first-order valence-electron chi connectivity index (χ1n) is 6.75. The fourth-order valence-electron chi connectivity index (χ4n) is 4.07. The maximum absolute atomic E-state index is 5.48. The van der Waals surface area contributed by atoms with Gasteiger partial charge in [-0.25, -0.2) is 0 Å². The Morgan fingerprint density at radius 3 is 2.62 bits per heavy atom. The predicted molar refractivity (Wildman–Crippen MR) is 64.5 cm³/mol. The summed E-state index contributed by atoms with van der Waals surface area (Å²) in [7, 11) is 0. The maximum atomic E-state index is 5.48. The Hall–Kier alpha value is -0.120. The van der Waals surface area contributed by atoms with Crippen molar-refractivity contribution >= 4 is 0 Å². The molecule has 3 rings (SSSR count). The molecule has 3 fully saturated rings. The molecule has 16 heavy (non-hydrogen) atoms. The van der Waals surface area contributed by atoms with E-state index < -0.39 is 0 Å². The quantitative estimate of drug-likeness (QED) is 0.722. The number of likely N-dealkylation sites (tertiary alicyclic amines) is 1. The summed E-state index contributed by atoms with van der Waals surface area (Å²) >= 11 is 0. The van der Waals surface area contributed by atoms with Gasteiger partial charge in [0, 0.05) is 37.9 Å². The summed E-state index contributed by atoms with van der Waals surface area (Å²) in [5.41, 5.74) is 0.385. The normalized spacial score (nSPS) is 40.1. The number of fused-ring (bicyclic) bond motifs is 1. The van der Waals surface area contributed by atoms with E-state index in [0.717, 1.165) is 31.1 Å². The number of hydrogen-bond acceptors (Lipinski definition) is 3. The zero-order valence-electron chi connectivity index (χ0n) is 10.5. The lowest BCUT2D eigenvalue weighted by molar-refractivity contribution is 0.00279. The summed E-state index contributed by atoms with van der Waals surface area (Å²) in [6.45, 7) is 10.6. The van der Waals surface area contributed by atoms with Gasteiger partial charge in [0.2, 0.25) is 0 Å². The number of ether oxygens (including phenoxy) is 1. The molecule has 2 atom stereocenters. The fraction of sp³-hybridized carbons (Fsp3) is 1.00. The van der Waals surface area contributed by atoms with Gasteiger partial charge < -0.3 is 10.1 Å². The first-order valence-corrected chi connectivity index (χ1v) is 6.75. The van der Waals surface area contributed by atoms with Crippen molar-refractivity contribution in [2.75, 3.05) is 32.8 Å². The van der Waals surface area contributed by atoms with Crippen molar-refractivity contribution in [3.05, 3.63) is 0 Å². The van der Waals surface area contributed by atoms with E-state index >= 15 is 0 Å². The Morgan fingerprint density at radius 1 is 1.19 bits per heavy atom. The van der Waals surface area contributed by atoms with E-state index in [9.17, 15) is 0 Å². The molecular formula is C13H24N2O. The molecule has 92 valence electrons. The van der Waals surface area contributed by atoms with Crippen molar-refractivity contribution in [1.29, 1.82) is 0 Å². The summed E-state index contributed by atoms with van der Waals surface area (Å²) in [4.78, 5) is 2.78. The van der Waals surface area contributed by atoms with Crippen LogP contribution in [0.5, 0.6) is 0 Å². The highest BCUT2D eigenvalue weighted by Gasteiger charge is 2.51. The van der Waals surface area contributed by atoms with Gasteiger partial charge in [-0.2, -0.15) is 0 Å². The Bertz CT molecular complexity index is 261. The molecule has 0 spiro atoms. The smallest absolute Gasteiger partial charge is 0.0480 e. The van der Waals surface area contributed by atoms with E-state index in [1.807, 2.05) is 0 Å². The number of rotatable bonds is 1. The van der Waals surface area contributed by atoms with Crippen LogP contribution >= 0.6 is 0 Å². The molecule has 0 aromatic carbocycles. The molecule has 0 aliphatic carbocycles. The molecule has 3 nitrogen and oxygen atoms in total. The van der Waals surface area contributed by atoms with Crippen LogP contribution in [-0.4, -0.2) is 49.3 Å². The second kappa shape index (κ2) is 3.97. The van der Waals surface area contributed by atoms with Gasteiger partial charge in [0.15, 0.2) is 0 Å². The van der Waals surface area contributed by atoms with Gasteiger partial charge in [-0.15, -0.1) is 0 Å². The molecule has 1 N–H and O–H groups in total. The van der Waals surface area contributed by atoms with Crippen LogP contribution in [0.25, 0.3) is 0 Å². The summed E-state index contributed by atoms with van der Waals surface area (Å²) in [5, 5.41) is 3.55. The second-order valence-electron chi connectivity index (χ2n) is 6.17. The lowest BCUT2D eigenvalue weighted by atomic mass is 9.84. The second-order valence-corrected chi connectivity index (χ2v) is 6.17. The van der Waals surface area contributed by atoms with Crippen molar-refractivity contribution in [2.24, 2.45) is 11.8 Å². The average molecular weight is 224 g/mol. The van der Waals surface area contributed by atoms with Crippen LogP contribution in [-0.2, 0) is 4.74 Å². The lowest BCUT2D eigenvalue weighted by Crippen LogP contribution is -2.51. The fourth-order valence-corrected chi connectivity index (χ4v) is 4.07. The molecule has 3 aliphatic heterocycles. The molecule has 3 aliphatic rings. The van der Waals surface area contributed by atoms with Gasteiger partial charge >= 0.3 is 0 Å². The molecule has 0 bridgehead atoms. The van der Waals surface area contributed by atoms with Gasteiger partial charge in [0.05, 0.1) is 0 Å². The Labute approximate surface area is 98.5 Å². The first kappa shape index (κ1) is 11.0. The van der Waals surface area contributed by atoms with Crippen molar-refractivity contribution in [1.82, 2.24) is 10.2 Å². The highest BCUT2D eigenvalue weighted by atomic mass is 16.5. The van der Waals surface area contributed by atoms with E-state index in [2.05, 4.69) is 24.1 Å². The molecule has 0 aromatic rings. The number of nitrogens with zero attached hydrogens (tertiary/aromatic N) is 1. The minimum atomic E-state index is 0.385. The van der Waals surface area contributed by atoms with Gasteiger partial charge in [-0.05, 0) is 45.1 Å². The van der Waals surface area contributed by atoms with Crippen LogP contribution in [0.4, 0.5) is 0 Å². The van der Waals surface area contributed by atoms with E-state index in [-0.39, 0.29) is 0 Å². The predicted octanol–water partition coefficient (Wildman–Crippen LogP) is 1.10. The molecule has 3 heteroatoms. The van der Waals surface area contributed by atoms with Crippen LogP contribution in [0.2, 0.25) is 0 Å². The van der Waals surface area contributed by atoms with Crippen molar-refractivity contribution < 1.29 is 4.74 Å². The van der Waals surface area contributed by atoms with Crippen LogP contribution in [0, 0.1) is 11.8 Å². The van der Waals surface area contributed by atoms with Gasteiger partial charge in [-0.1, -0.05) is 0 Å². The first-order chi connectivity index (χ1) is 7.69. The van der Waals surface area contributed by atoms with Crippen molar-refractivity contribution in [3.8, 4) is 0 Å². The highest BCUT2D eigenvalue weighted by molar-refractivity contribution is 5.06. The molecule has 0 amide bonds. The molecule has 2 unspecified atom stereocenters. The Balaban J connectivity index is 1.75. The summed E-state index contributed by atoms with van der Waals surface area (Å²) in [6.07, 6.45) is 2.46. The zero-order chi connectivity index (χ0) is 11.2. The molecule has 0 aromatic heterocycles. The third kappa shape index (κ3) is 1.60. The third-order valence-electron chi connectivity index (χ3n) is 5.05.